The third-order valence-corrected chi connectivity index (χ3v) is 3.75. The zero-order chi connectivity index (χ0) is 8.98. The average Bonchev–Trinajstić information content (AvgIpc) is 2.28. The van der Waals surface area contributed by atoms with E-state index in [0.717, 1.165) is 12.8 Å². The van der Waals surface area contributed by atoms with Gasteiger partial charge < -0.3 is 5.32 Å². The Hall–Kier alpha value is -0.530. The molecule has 2 atom stereocenters. The van der Waals surface area contributed by atoms with Crippen molar-refractivity contribution in [1.29, 1.82) is 0 Å². The van der Waals surface area contributed by atoms with Crippen molar-refractivity contribution in [3.05, 3.63) is 0 Å². The normalized spacial score (nSPS) is 44.2. The van der Waals surface area contributed by atoms with Crippen molar-refractivity contribution in [2.45, 2.75) is 45.6 Å². The van der Waals surface area contributed by atoms with Gasteiger partial charge in [-0.05, 0) is 39.0 Å². The fourth-order valence-electron chi connectivity index (χ4n) is 2.61. The summed E-state index contributed by atoms with van der Waals surface area (Å²) in [6, 6.07) is 0. The van der Waals surface area contributed by atoms with Crippen LogP contribution in [-0.4, -0.2) is 11.4 Å². The first-order chi connectivity index (χ1) is 5.44. The Balaban J connectivity index is 2.31. The summed E-state index contributed by atoms with van der Waals surface area (Å²) in [5, 5.41) is 3.12. The van der Waals surface area contributed by atoms with Gasteiger partial charge in [-0.2, -0.15) is 0 Å². The van der Waals surface area contributed by atoms with E-state index in [1.54, 1.807) is 0 Å². The smallest absolute Gasteiger partial charge is 0.226 e. The van der Waals surface area contributed by atoms with Crippen molar-refractivity contribution < 1.29 is 4.79 Å². The maximum absolute atomic E-state index is 11.7. The van der Waals surface area contributed by atoms with Crippen LogP contribution in [0.1, 0.15) is 40.0 Å². The maximum atomic E-state index is 11.7. The monoisotopic (exact) mass is 167 g/mol. The Morgan fingerprint density at radius 2 is 2.08 bits per heavy atom. The van der Waals surface area contributed by atoms with Gasteiger partial charge in [0.2, 0.25) is 5.91 Å². The van der Waals surface area contributed by atoms with Gasteiger partial charge in [0.15, 0.2) is 0 Å². The van der Waals surface area contributed by atoms with E-state index < -0.39 is 0 Å². The lowest BCUT2D eigenvalue weighted by Crippen LogP contribution is -2.56. The van der Waals surface area contributed by atoms with Crippen LogP contribution in [0, 0.1) is 11.3 Å². The second-order valence-electron chi connectivity index (χ2n) is 5.18. The number of amides is 1. The van der Waals surface area contributed by atoms with Crippen LogP contribution >= 0.6 is 0 Å². The molecule has 2 nitrogen and oxygen atoms in total. The predicted octanol–water partition coefficient (Wildman–Crippen LogP) is 1.70. The van der Waals surface area contributed by atoms with Crippen molar-refractivity contribution in [2.75, 3.05) is 0 Å². The van der Waals surface area contributed by atoms with Gasteiger partial charge in [0, 0.05) is 11.0 Å². The lowest BCUT2D eigenvalue weighted by atomic mass is 9.76. The number of carbonyl (C=O) groups is 1. The van der Waals surface area contributed by atoms with Crippen LogP contribution in [0.15, 0.2) is 0 Å². The molecule has 68 valence electrons. The minimum atomic E-state index is -0.0415. The van der Waals surface area contributed by atoms with Gasteiger partial charge in [0.1, 0.15) is 0 Å². The highest BCUT2D eigenvalue weighted by Crippen LogP contribution is 2.49. The number of rotatable bonds is 0. The van der Waals surface area contributed by atoms with Crippen molar-refractivity contribution >= 4 is 5.91 Å². The molecule has 0 unspecified atom stereocenters. The Morgan fingerprint density at radius 3 is 2.75 bits per heavy atom. The summed E-state index contributed by atoms with van der Waals surface area (Å²) in [7, 11) is 0. The Labute approximate surface area is 73.7 Å². The molecule has 0 spiro atoms. The van der Waals surface area contributed by atoms with Gasteiger partial charge in [-0.15, -0.1) is 0 Å². The number of carbonyl (C=O) groups excluding carboxylic acids is 1. The van der Waals surface area contributed by atoms with Crippen molar-refractivity contribution in [2.24, 2.45) is 11.3 Å². The lowest BCUT2D eigenvalue weighted by Gasteiger charge is -2.40. The van der Waals surface area contributed by atoms with Crippen LogP contribution < -0.4 is 5.32 Å². The highest BCUT2D eigenvalue weighted by atomic mass is 16.2. The third-order valence-electron chi connectivity index (χ3n) is 3.75. The molecule has 2 aliphatic rings. The minimum Gasteiger partial charge on any atom is -0.350 e. The van der Waals surface area contributed by atoms with E-state index >= 15 is 0 Å². The lowest BCUT2D eigenvalue weighted by molar-refractivity contribution is -0.134. The van der Waals surface area contributed by atoms with Crippen LogP contribution in [0.3, 0.4) is 0 Å². The molecular weight excluding hydrogens is 150 g/mol. The van der Waals surface area contributed by atoms with Crippen LogP contribution in [0.5, 0.6) is 0 Å². The first kappa shape index (κ1) is 8.09. The molecule has 1 amide bonds. The van der Waals surface area contributed by atoms with Gasteiger partial charge >= 0.3 is 0 Å². The van der Waals surface area contributed by atoms with E-state index in [-0.39, 0.29) is 16.9 Å². The number of hydrogen-bond donors (Lipinski definition) is 1. The van der Waals surface area contributed by atoms with Gasteiger partial charge in [-0.3, -0.25) is 4.79 Å². The van der Waals surface area contributed by atoms with Gasteiger partial charge in [0.25, 0.3) is 0 Å². The summed E-state index contributed by atoms with van der Waals surface area (Å²) in [5.74, 6) is 0.960. The summed E-state index contributed by atoms with van der Waals surface area (Å²) in [5.41, 5.74) is -0.00667. The second-order valence-corrected chi connectivity index (χ2v) is 5.18. The molecule has 2 bridgehead atoms. The second kappa shape index (κ2) is 2.04. The van der Waals surface area contributed by atoms with Gasteiger partial charge in [-0.1, -0.05) is 6.92 Å². The van der Waals surface area contributed by atoms with E-state index in [1.165, 1.54) is 6.42 Å². The van der Waals surface area contributed by atoms with E-state index in [4.69, 9.17) is 0 Å². The highest BCUT2D eigenvalue weighted by molar-refractivity contribution is 5.84. The summed E-state index contributed by atoms with van der Waals surface area (Å²) < 4.78 is 0. The van der Waals surface area contributed by atoms with Crippen LogP contribution in [-0.2, 0) is 4.79 Å². The predicted molar refractivity (Wildman–Crippen MR) is 47.7 cm³/mol. The van der Waals surface area contributed by atoms with E-state index in [0.29, 0.717) is 5.92 Å². The molecule has 1 aliphatic carbocycles. The molecule has 1 aliphatic heterocycles. The maximum Gasteiger partial charge on any atom is 0.226 e. The van der Waals surface area contributed by atoms with Crippen LogP contribution in [0.4, 0.5) is 0 Å². The molecule has 0 aromatic carbocycles. The summed E-state index contributed by atoms with van der Waals surface area (Å²) in [6.45, 7) is 6.37. The van der Waals surface area contributed by atoms with Crippen LogP contribution in [0.2, 0.25) is 0 Å². The van der Waals surface area contributed by atoms with Gasteiger partial charge in [0.05, 0.1) is 0 Å². The molecule has 2 rings (SSSR count). The number of piperidine rings is 1. The standard InChI is InChI=1S/C10H17NO/c1-9(2)7-4-5-10(3,6-7)8(12)11-9/h7H,4-6H2,1-3H3,(H,11,12)/t7-,10+/m0/s1. The molecule has 1 heterocycles. The van der Waals surface area contributed by atoms with E-state index in [9.17, 15) is 4.79 Å². The molecule has 12 heavy (non-hydrogen) atoms. The molecule has 1 N–H and O–H groups in total. The first-order valence-electron chi connectivity index (χ1n) is 4.77. The first-order valence-corrected chi connectivity index (χ1v) is 4.77. The van der Waals surface area contributed by atoms with E-state index in [1.807, 2.05) is 0 Å². The fraction of sp³-hybridized carbons (Fsp3) is 0.900. The molecule has 0 radical (unpaired) electrons. The van der Waals surface area contributed by atoms with Crippen LogP contribution in [0.25, 0.3) is 0 Å². The van der Waals surface area contributed by atoms with E-state index in [2.05, 4.69) is 26.1 Å². The number of fused-ring (bicyclic) bond motifs is 2. The largest absolute Gasteiger partial charge is 0.350 e. The Kier molecular flexibility index (Phi) is 1.37. The molecule has 1 saturated carbocycles. The summed E-state index contributed by atoms with van der Waals surface area (Å²) in [4.78, 5) is 11.7. The fourth-order valence-corrected chi connectivity index (χ4v) is 2.61. The molecule has 2 heteroatoms. The Morgan fingerprint density at radius 1 is 1.42 bits per heavy atom. The quantitative estimate of drug-likeness (QED) is 0.584. The SMILES string of the molecule is CC1(C)NC(=O)[C@]2(C)CC[C@H]1C2. The molecule has 0 aromatic heterocycles. The third kappa shape index (κ3) is 0.900. The van der Waals surface area contributed by atoms with Crippen molar-refractivity contribution in [3.8, 4) is 0 Å². The zero-order valence-corrected chi connectivity index (χ0v) is 8.11. The summed E-state index contributed by atoms with van der Waals surface area (Å²) >= 11 is 0. The minimum absolute atomic E-state index is 0.0348. The number of hydrogen-bond acceptors (Lipinski definition) is 1. The van der Waals surface area contributed by atoms with Crippen molar-refractivity contribution in [1.82, 2.24) is 5.32 Å². The highest BCUT2D eigenvalue weighted by Gasteiger charge is 2.51. The average molecular weight is 167 g/mol. The zero-order valence-electron chi connectivity index (χ0n) is 8.11. The molecule has 0 aromatic rings. The molecule has 2 fully saturated rings. The topological polar surface area (TPSA) is 29.1 Å². The number of nitrogens with one attached hydrogen (secondary N) is 1. The van der Waals surface area contributed by atoms with Gasteiger partial charge in [-0.25, -0.2) is 0 Å². The Bertz CT molecular complexity index is 234. The summed E-state index contributed by atoms with van der Waals surface area (Å²) in [6.07, 6.45) is 3.38. The molecule has 1 saturated heterocycles. The molecular formula is C10H17NO. The van der Waals surface area contributed by atoms with Crippen molar-refractivity contribution in [3.63, 3.8) is 0 Å².